The van der Waals surface area contributed by atoms with Gasteiger partial charge in [-0.25, -0.2) is 9.07 Å². The number of hydrogen-bond acceptors (Lipinski definition) is 9. The number of rotatable bonds is 11. The number of ether oxygens (including phenoxy) is 1. The molecular formula is C27H30FN5O4S. The quantitative estimate of drug-likeness (QED) is 0.161. The van der Waals surface area contributed by atoms with Crippen LogP contribution in [0.2, 0.25) is 0 Å². The molecule has 2 aromatic carbocycles. The van der Waals surface area contributed by atoms with Crippen molar-refractivity contribution in [2.24, 2.45) is 0 Å². The molecule has 1 aliphatic heterocycles. The first-order chi connectivity index (χ1) is 18.4. The Hall–Kier alpha value is -3.27. The molecule has 9 nitrogen and oxygen atoms in total. The maximum Gasteiger partial charge on any atom is 0.180 e. The second-order valence-corrected chi connectivity index (χ2v) is 9.20. The summed E-state index contributed by atoms with van der Waals surface area (Å²) in [6, 6.07) is 15.7. The van der Waals surface area contributed by atoms with Crippen LogP contribution in [0.25, 0.3) is 16.9 Å². The van der Waals surface area contributed by atoms with Gasteiger partial charge in [0.1, 0.15) is 17.6 Å². The molecule has 0 bridgehead atoms. The number of benzene rings is 2. The number of Topliss-reactive ketones (excluding diaryl/α,β-unsaturated/α-hetero) is 1. The lowest BCUT2D eigenvalue weighted by Gasteiger charge is -2.33. The number of anilines is 1. The van der Waals surface area contributed by atoms with E-state index in [1.165, 1.54) is 26.2 Å². The average Bonchev–Trinajstić information content (AvgIpc) is 3.39. The Kier molecular flexibility index (Phi) is 9.49. The van der Waals surface area contributed by atoms with Crippen LogP contribution in [0.5, 0.6) is 0 Å². The molecule has 3 aromatic rings. The number of aromatic nitrogens is 2. The molecule has 0 spiro atoms. The van der Waals surface area contributed by atoms with E-state index >= 15 is 0 Å². The third-order valence-electron chi connectivity index (χ3n) is 6.36. The van der Waals surface area contributed by atoms with Crippen molar-refractivity contribution < 1.29 is 23.6 Å². The molecule has 2 heterocycles. The number of hydrogen-bond donors (Lipinski definition) is 1. The molecule has 38 heavy (non-hydrogen) atoms. The lowest BCUT2D eigenvalue weighted by atomic mass is 10.1. The van der Waals surface area contributed by atoms with Gasteiger partial charge in [-0.3, -0.25) is 14.5 Å². The zero-order valence-electron chi connectivity index (χ0n) is 21.3. The van der Waals surface area contributed by atoms with Gasteiger partial charge in [0.15, 0.2) is 5.78 Å². The Morgan fingerprint density at radius 3 is 2.50 bits per heavy atom. The van der Waals surface area contributed by atoms with Crippen LogP contribution >= 0.6 is 12.8 Å². The number of carbonyl (C=O) groups excluding carboxylic acids is 1. The lowest BCUT2D eigenvalue weighted by Crippen LogP contribution is -2.37. The van der Waals surface area contributed by atoms with Gasteiger partial charge in [-0.1, -0.05) is 6.07 Å². The van der Waals surface area contributed by atoms with Crippen LogP contribution in [0.3, 0.4) is 0 Å². The van der Waals surface area contributed by atoms with Crippen molar-refractivity contribution in [2.45, 2.75) is 32.3 Å². The first-order valence-electron chi connectivity index (χ1n) is 12.3. The zero-order chi connectivity index (χ0) is 27.1. The van der Waals surface area contributed by atoms with Crippen LogP contribution in [0.15, 0.2) is 48.5 Å². The minimum absolute atomic E-state index is 0.0361. The van der Waals surface area contributed by atoms with Crippen LogP contribution in [0.1, 0.15) is 42.2 Å². The number of halogens is 1. The number of nitrogens with zero attached hydrogens (tertiary/aromatic N) is 5. The molecule has 4 rings (SSSR count). The summed E-state index contributed by atoms with van der Waals surface area (Å²) in [5.41, 5.74) is 3.17. The molecular weight excluding hydrogens is 509 g/mol. The van der Waals surface area contributed by atoms with Crippen molar-refractivity contribution >= 4 is 24.3 Å². The molecule has 1 aliphatic rings. The van der Waals surface area contributed by atoms with E-state index in [-0.39, 0.29) is 23.1 Å². The van der Waals surface area contributed by atoms with E-state index in [9.17, 15) is 9.18 Å². The third-order valence-corrected chi connectivity index (χ3v) is 6.64. The van der Waals surface area contributed by atoms with E-state index in [2.05, 4.69) is 22.8 Å². The Morgan fingerprint density at radius 2 is 1.87 bits per heavy atom. The Morgan fingerprint density at radius 1 is 1.16 bits per heavy atom. The van der Waals surface area contributed by atoms with Gasteiger partial charge in [0.25, 0.3) is 0 Å². The van der Waals surface area contributed by atoms with Crippen molar-refractivity contribution in [1.82, 2.24) is 14.4 Å². The topological polar surface area (TPSA) is 92.8 Å². The fourth-order valence-electron chi connectivity index (χ4n) is 4.31. The molecule has 0 saturated carbocycles. The van der Waals surface area contributed by atoms with Gasteiger partial charge in [0.2, 0.25) is 0 Å². The minimum Gasteiger partial charge on any atom is -0.378 e. The summed E-state index contributed by atoms with van der Waals surface area (Å²) in [6.45, 7) is 4.27. The van der Waals surface area contributed by atoms with Crippen molar-refractivity contribution in [3.63, 3.8) is 0 Å². The summed E-state index contributed by atoms with van der Waals surface area (Å²) in [7, 11) is 1.48. The van der Waals surface area contributed by atoms with E-state index in [1.807, 2.05) is 30.3 Å². The minimum atomic E-state index is -0.617. The molecule has 1 aromatic heterocycles. The van der Waals surface area contributed by atoms with Crippen molar-refractivity contribution in [3.8, 4) is 23.0 Å². The van der Waals surface area contributed by atoms with Crippen LogP contribution in [-0.2, 0) is 14.4 Å². The largest absolute Gasteiger partial charge is 0.378 e. The third kappa shape index (κ3) is 6.78. The monoisotopic (exact) mass is 539 g/mol. The maximum absolute atomic E-state index is 14.3. The van der Waals surface area contributed by atoms with E-state index in [1.54, 1.807) is 16.8 Å². The molecule has 11 heteroatoms. The molecule has 0 atom stereocenters. The molecule has 0 N–H and O–H groups in total. The van der Waals surface area contributed by atoms with E-state index in [0.29, 0.717) is 24.5 Å². The molecule has 1 fully saturated rings. The van der Waals surface area contributed by atoms with Crippen LogP contribution in [-0.4, -0.2) is 59.7 Å². The second-order valence-electron chi connectivity index (χ2n) is 8.87. The van der Waals surface area contributed by atoms with E-state index < -0.39 is 5.82 Å². The number of thiol groups is 1. The Labute approximate surface area is 226 Å². The summed E-state index contributed by atoms with van der Waals surface area (Å²) in [4.78, 5) is 24.3. The van der Waals surface area contributed by atoms with Crippen molar-refractivity contribution in [1.29, 1.82) is 5.26 Å². The van der Waals surface area contributed by atoms with Gasteiger partial charge >= 0.3 is 0 Å². The predicted octanol–water partition coefficient (Wildman–Crippen LogP) is 4.77. The molecule has 0 amide bonds. The highest BCUT2D eigenvalue weighted by Gasteiger charge is 2.21. The normalized spacial score (nSPS) is 14.2. The van der Waals surface area contributed by atoms with E-state index in [4.69, 9.17) is 19.7 Å². The van der Waals surface area contributed by atoms with Crippen LogP contribution in [0, 0.1) is 17.1 Å². The van der Waals surface area contributed by atoms with Gasteiger partial charge in [0.05, 0.1) is 36.8 Å². The van der Waals surface area contributed by atoms with Crippen molar-refractivity contribution in [3.05, 3.63) is 65.6 Å². The summed E-state index contributed by atoms with van der Waals surface area (Å²) in [5, 5.41) is 13.5. The Bertz CT molecular complexity index is 1290. The summed E-state index contributed by atoms with van der Waals surface area (Å²) >= 11 is 3.95. The van der Waals surface area contributed by atoms with Crippen LogP contribution in [0.4, 0.5) is 10.1 Å². The Balaban J connectivity index is 1.40. The van der Waals surface area contributed by atoms with Gasteiger partial charge in [-0.05, 0) is 79.2 Å². The maximum atomic E-state index is 14.3. The number of piperidine rings is 1. The van der Waals surface area contributed by atoms with Gasteiger partial charge in [0, 0.05) is 37.9 Å². The van der Waals surface area contributed by atoms with Gasteiger partial charge < -0.3 is 9.64 Å². The highest BCUT2D eigenvalue weighted by atomic mass is 32.1. The van der Waals surface area contributed by atoms with Gasteiger partial charge in [-0.15, -0.1) is 0 Å². The molecule has 1 saturated heterocycles. The number of ketones is 1. The highest BCUT2D eigenvalue weighted by molar-refractivity contribution is 7.77. The zero-order valence-corrected chi connectivity index (χ0v) is 22.2. The SMILES string of the molecule is CON(S)OCCCOC1CCN(c2ccc(-n3nc(C(C)=O)cc3-c3ccc(C#N)c(F)c3)cc2)CC1. The van der Waals surface area contributed by atoms with Crippen molar-refractivity contribution in [2.75, 3.05) is 38.3 Å². The number of nitriles is 1. The fraction of sp³-hybridized carbons (Fsp3) is 0.370. The average molecular weight is 540 g/mol. The first kappa shape index (κ1) is 27.8. The molecule has 0 unspecified atom stereocenters. The molecule has 0 radical (unpaired) electrons. The second kappa shape index (κ2) is 13.0. The first-order valence-corrected chi connectivity index (χ1v) is 12.7. The number of carbonyl (C=O) groups is 1. The summed E-state index contributed by atoms with van der Waals surface area (Å²) in [5.74, 6) is -0.805. The van der Waals surface area contributed by atoms with Gasteiger partial charge in [-0.2, -0.15) is 10.4 Å². The standard InChI is InChI=1S/C27H30FN5O4S/c1-19(34)26-17-27(20-4-5-21(18-29)25(28)16-20)32(30-26)23-8-6-22(7-9-23)31-12-10-24(11-13-31)36-14-3-15-37-33(38)35-2/h4-9,16-17,24,38H,3,10-15H2,1-2H3. The molecule has 200 valence electrons. The van der Waals surface area contributed by atoms with Crippen LogP contribution < -0.4 is 4.90 Å². The highest BCUT2D eigenvalue weighted by Crippen LogP contribution is 2.28. The fourth-order valence-corrected chi connectivity index (χ4v) is 4.39. The predicted molar refractivity (Wildman–Crippen MR) is 143 cm³/mol. The summed E-state index contributed by atoms with van der Waals surface area (Å²) in [6.07, 6.45) is 2.81. The summed E-state index contributed by atoms with van der Waals surface area (Å²) < 4.78 is 23.0. The lowest BCUT2D eigenvalue weighted by molar-refractivity contribution is -0.278. The van der Waals surface area contributed by atoms with E-state index in [0.717, 1.165) is 48.4 Å². The smallest absolute Gasteiger partial charge is 0.180 e. The molecule has 0 aliphatic carbocycles.